The number of rotatable bonds is 3. The number of halogens is 4. The van der Waals surface area contributed by atoms with Crippen LogP contribution in [0.3, 0.4) is 0 Å². The average molecular weight is 345 g/mol. The van der Waals surface area contributed by atoms with E-state index < -0.39 is 11.7 Å². The first-order valence-corrected chi connectivity index (χ1v) is 5.98. The second-order valence-electron chi connectivity index (χ2n) is 4.14. The van der Waals surface area contributed by atoms with Crippen LogP contribution in [0.5, 0.6) is 0 Å². The molecular weight excluding hydrogens is 333 g/mol. The Labute approximate surface area is 135 Å². The maximum atomic E-state index is 12.8. The van der Waals surface area contributed by atoms with E-state index in [-0.39, 0.29) is 35.3 Å². The van der Waals surface area contributed by atoms with Gasteiger partial charge < -0.3 is 11.5 Å². The van der Waals surface area contributed by atoms with Crippen molar-refractivity contribution in [3.63, 3.8) is 0 Å². The molecule has 2 aromatic rings. The highest BCUT2D eigenvalue weighted by atomic mass is 35.5. The van der Waals surface area contributed by atoms with E-state index in [1.54, 1.807) is 0 Å². The number of alkyl halides is 3. The lowest BCUT2D eigenvalue weighted by molar-refractivity contribution is -0.137. The lowest BCUT2D eigenvalue weighted by Gasteiger charge is -2.09. The first-order valence-electron chi connectivity index (χ1n) is 5.98. The number of nitrogens with zero attached hydrogens (tertiary/aromatic N) is 4. The van der Waals surface area contributed by atoms with Gasteiger partial charge in [-0.2, -0.15) is 13.2 Å². The van der Waals surface area contributed by atoms with Gasteiger partial charge in [0.15, 0.2) is 0 Å². The molecule has 0 radical (unpaired) electrons. The number of guanidine groups is 1. The molecule has 0 spiro atoms. The molecule has 0 aliphatic heterocycles. The van der Waals surface area contributed by atoms with Crippen molar-refractivity contribution >= 4 is 24.1 Å². The van der Waals surface area contributed by atoms with Crippen LogP contribution in [0.2, 0.25) is 0 Å². The minimum absolute atomic E-state index is 0. The van der Waals surface area contributed by atoms with E-state index in [9.17, 15) is 13.2 Å². The summed E-state index contributed by atoms with van der Waals surface area (Å²) < 4.78 is 38.4. The van der Waals surface area contributed by atoms with Gasteiger partial charge in [0.05, 0.1) is 11.8 Å². The molecule has 0 fully saturated rings. The summed E-state index contributed by atoms with van der Waals surface area (Å²) >= 11 is 0. The average Bonchev–Trinajstić information content (AvgIpc) is 2.48. The Kier molecular flexibility index (Phi) is 6.02. The molecule has 0 aliphatic rings. The number of nitrogens with two attached hydrogens (primary N) is 2. The SMILES string of the molecule is Cl.NC(N)=N/N=C(/c1cccc(C(F)(F)F)c1)c1cnccn1. The van der Waals surface area contributed by atoms with Gasteiger partial charge in [-0.25, -0.2) is 0 Å². The Hall–Kier alpha value is -2.68. The monoisotopic (exact) mass is 344 g/mol. The summed E-state index contributed by atoms with van der Waals surface area (Å²) in [5.74, 6) is -0.326. The summed E-state index contributed by atoms with van der Waals surface area (Å²) in [6.07, 6.45) is -0.317. The lowest BCUT2D eigenvalue weighted by atomic mass is 10.0. The molecule has 122 valence electrons. The minimum Gasteiger partial charge on any atom is -0.369 e. The zero-order valence-corrected chi connectivity index (χ0v) is 12.3. The molecule has 4 N–H and O–H groups in total. The van der Waals surface area contributed by atoms with Gasteiger partial charge in [0.1, 0.15) is 11.4 Å². The lowest BCUT2D eigenvalue weighted by Crippen LogP contribution is -2.22. The molecule has 1 heterocycles. The molecule has 10 heteroatoms. The molecule has 1 aromatic heterocycles. The molecule has 0 saturated carbocycles. The van der Waals surface area contributed by atoms with Crippen LogP contribution in [0.25, 0.3) is 0 Å². The maximum Gasteiger partial charge on any atom is 0.416 e. The van der Waals surface area contributed by atoms with Crippen LogP contribution in [0.4, 0.5) is 13.2 Å². The predicted molar refractivity (Wildman–Crippen MR) is 82.2 cm³/mol. The van der Waals surface area contributed by atoms with Crippen molar-refractivity contribution in [1.29, 1.82) is 0 Å². The number of hydrogen-bond acceptors (Lipinski definition) is 4. The van der Waals surface area contributed by atoms with Crippen LogP contribution in [-0.4, -0.2) is 21.6 Å². The molecule has 1 aromatic carbocycles. The Balaban J connectivity index is 0.00000264. The standard InChI is InChI=1S/C13H11F3N6.ClH/c14-13(15,16)9-3-1-2-8(6-9)11(21-22-12(17)18)10-7-19-4-5-20-10;/h1-7H,(H4,17,18,22);1H/b21-11-;. The first kappa shape index (κ1) is 18.4. The van der Waals surface area contributed by atoms with Crippen LogP contribution in [0, 0.1) is 0 Å². The van der Waals surface area contributed by atoms with Crippen molar-refractivity contribution in [2.24, 2.45) is 21.7 Å². The van der Waals surface area contributed by atoms with Crippen LogP contribution >= 0.6 is 12.4 Å². The summed E-state index contributed by atoms with van der Waals surface area (Å²) in [5.41, 5.74) is 10.1. The first-order chi connectivity index (χ1) is 10.4. The van der Waals surface area contributed by atoms with Gasteiger partial charge >= 0.3 is 6.18 Å². The van der Waals surface area contributed by atoms with Crippen molar-refractivity contribution in [1.82, 2.24) is 9.97 Å². The van der Waals surface area contributed by atoms with E-state index in [4.69, 9.17) is 11.5 Å². The van der Waals surface area contributed by atoms with Gasteiger partial charge in [0.2, 0.25) is 5.96 Å². The quantitative estimate of drug-likeness (QED) is 0.504. The van der Waals surface area contributed by atoms with Crippen molar-refractivity contribution < 1.29 is 13.2 Å². The number of benzene rings is 1. The predicted octanol–water partition coefficient (Wildman–Crippen LogP) is 1.94. The van der Waals surface area contributed by atoms with E-state index in [1.807, 2.05) is 0 Å². The van der Waals surface area contributed by atoms with Crippen LogP contribution in [0.1, 0.15) is 16.8 Å². The Morgan fingerprint density at radius 3 is 2.39 bits per heavy atom. The Bertz CT molecular complexity index is 711. The third-order valence-electron chi connectivity index (χ3n) is 2.53. The van der Waals surface area contributed by atoms with E-state index in [0.717, 1.165) is 12.1 Å². The molecule has 2 rings (SSSR count). The molecule has 0 bridgehead atoms. The van der Waals surface area contributed by atoms with Gasteiger partial charge in [-0.1, -0.05) is 12.1 Å². The zero-order valence-electron chi connectivity index (χ0n) is 11.5. The fourth-order valence-corrected chi connectivity index (χ4v) is 1.63. The summed E-state index contributed by atoms with van der Waals surface area (Å²) in [6, 6.07) is 4.61. The van der Waals surface area contributed by atoms with Gasteiger partial charge in [-0.15, -0.1) is 22.6 Å². The third-order valence-corrected chi connectivity index (χ3v) is 2.53. The Morgan fingerprint density at radius 1 is 1.09 bits per heavy atom. The third kappa shape index (κ3) is 4.92. The van der Waals surface area contributed by atoms with E-state index in [2.05, 4.69) is 20.2 Å². The van der Waals surface area contributed by atoms with Gasteiger partial charge in [0, 0.05) is 18.0 Å². The molecule has 23 heavy (non-hydrogen) atoms. The molecular formula is C13H12ClF3N6. The summed E-state index contributed by atoms with van der Waals surface area (Å²) in [4.78, 5) is 7.85. The van der Waals surface area contributed by atoms with Crippen molar-refractivity contribution in [2.45, 2.75) is 6.18 Å². The van der Waals surface area contributed by atoms with Gasteiger partial charge in [0.25, 0.3) is 0 Å². The van der Waals surface area contributed by atoms with Crippen LogP contribution in [-0.2, 0) is 6.18 Å². The van der Waals surface area contributed by atoms with Crippen molar-refractivity contribution in [3.8, 4) is 0 Å². The number of hydrogen-bond donors (Lipinski definition) is 2. The fourth-order valence-electron chi connectivity index (χ4n) is 1.63. The van der Waals surface area contributed by atoms with E-state index in [0.29, 0.717) is 0 Å². The molecule has 0 atom stereocenters. The Morgan fingerprint density at radius 2 is 1.83 bits per heavy atom. The minimum atomic E-state index is -4.47. The van der Waals surface area contributed by atoms with E-state index in [1.165, 1.54) is 30.7 Å². The number of aromatic nitrogens is 2. The summed E-state index contributed by atoms with van der Waals surface area (Å²) in [6.45, 7) is 0. The highest BCUT2D eigenvalue weighted by molar-refractivity contribution is 6.11. The topological polar surface area (TPSA) is 103 Å². The molecule has 0 saturated heterocycles. The van der Waals surface area contributed by atoms with Crippen LogP contribution < -0.4 is 11.5 Å². The molecule has 0 unspecified atom stereocenters. The molecule has 0 amide bonds. The van der Waals surface area contributed by atoms with Crippen LogP contribution in [0.15, 0.2) is 53.1 Å². The highest BCUT2D eigenvalue weighted by Crippen LogP contribution is 2.30. The zero-order chi connectivity index (χ0) is 16.2. The molecule has 6 nitrogen and oxygen atoms in total. The largest absolute Gasteiger partial charge is 0.416 e. The van der Waals surface area contributed by atoms with Crippen molar-refractivity contribution in [2.75, 3.05) is 0 Å². The second-order valence-corrected chi connectivity index (χ2v) is 4.14. The van der Waals surface area contributed by atoms with Crippen molar-refractivity contribution in [3.05, 3.63) is 59.7 Å². The maximum absolute atomic E-state index is 12.8. The van der Waals surface area contributed by atoms with Gasteiger partial charge in [-0.05, 0) is 12.1 Å². The summed E-state index contributed by atoms with van der Waals surface area (Å²) in [7, 11) is 0. The van der Waals surface area contributed by atoms with Gasteiger partial charge in [-0.3, -0.25) is 9.97 Å². The smallest absolute Gasteiger partial charge is 0.369 e. The normalized spacial score (nSPS) is 11.5. The second kappa shape index (κ2) is 7.54. The summed E-state index contributed by atoms with van der Waals surface area (Å²) in [5, 5.41) is 7.25. The highest BCUT2D eigenvalue weighted by Gasteiger charge is 2.30. The van der Waals surface area contributed by atoms with E-state index >= 15 is 0 Å². The molecule has 0 aliphatic carbocycles. The fraction of sp³-hybridized carbons (Fsp3) is 0.0769.